The van der Waals surface area contributed by atoms with E-state index in [2.05, 4.69) is 5.16 Å². The minimum atomic E-state index is -0.963. The molecule has 0 saturated carbocycles. The second-order valence-electron chi connectivity index (χ2n) is 3.68. The van der Waals surface area contributed by atoms with Crippen molar-refractivity contribution < 1.29 is 14.4 Å². The van der Waals surface area contributed by atoms with Crippen molar-refractivity contribution in [3.63, 3.8) is 0 Å². The summed E-state index contributed by atoms with van der Waals surface area (Å²) in [5, 5.41) is 12.5. The van der Waals surface area contributed by atoms with E-state index in [4.69, 9.17) is 15.4 Å². The summed E-state index contributed by atoms with van der Waals surface area (Å²) in [4.78, 5) is 10.5. The van der Waals surface area contributed by atoms with Gasteiger partial charge in [0.2, 0.25) is 0 Å². The van der Waals surface area contributed by atoms with E-state index >= 15 is 0 Å². The second kappa shape index (κ2) is 4.80. The highest BCUT2D eigenvalue weighted by Gasteiger charge is 2.16. The lowest BCUT2D eigenvalue weighted by molar-refractivity contribution is -0.137. The highest BCUT2D eigenvalue weighted by molar-refractivity contribution is 5.68. The molecule has 1 unspecified atom stereocenters. The normalized spacial score (nSPS) is 12.3. The van der Waals surface area contributed by atoms with Crippen LogP contribution in [-0.4, -0.2) is 16.2 Å². The average molecular weight is 232 g/mol. The maximum atomic E-state index is 10.5. The van der Waals surface area contributed by atoms with Gasteiger partial charge in [-0.3, -0.25) is 4.79 Å². The largest absolute Gasteiger partial charge is 0.481 e. The van der Waals surface area contributed by atoms with Crippen molar-refractivity contribution in [3.8, 4) is 11.3 Å². The lowest BCUT2D eigenvalue weighted by Crippen LogP contribution is -2.14. The first-order valence-electron chi connectivity index (χ1n) is 5.16. The molecule has 88 valence electrons. The lowest BCUT2D eigenvalue weighted by atomic mass is 10.1. The number of benzene rings is 1. The molecule has 0 spiro atoms. The number of hydrogen-bond donors (Lipinski definition) is 2. The van der Waals surface area contributed by atoms with Gasteiger partial charge in [-0.1, -0.05) is 35.5 Å². The first kappa shape index (κ1) is 11.3. The van der Waals surface area contributed by atoms with Gasteiger partial charge in [-0.25, -0.2) is 0 Å². The van der Waals surface area contributed by atoms with Gasteiger partial charge in [-0.15, -0.1) is 0 Å². The zero-order valence-electron chi connectivity index (χ0n) is 9.04. The van der Waals surface area contributed by atoms with Gasteiger partial charge in [-0.05, 0) is 0 Å². The van der Waals surface area contributed by atoms with E-state index in [1.165, 1.54) is 0 Å². The van der Waals surface area contributed by atoms with Crippen molar-refractivity contribution in [1.29, 1.82) is 0 Å². The van der Waals surface area contributed by atoms with Crippen LogP contribution in [0.5, 0.6) is 0 Å². The molecule has 1 heterocycles. The molecule has 1 aromatic heterocycles. The van der Waals surface area contributed by atoms with Crippen LogP contribution in [0, 0.1) is 0 Å². The molecular weight excluding hydrogens is 220 g/mol. The Morgan fingerprint density at radius 3 is 2.76 bits per heavy atom. The van der Waals surface area contributed by atoms with Crippen LogP contribution in [0.4, 0.5) is 0 Å². The minimum Gasteiger partial charge on any atom is -0.481 e. The van der Waals surface area contributed by atoms with Gasteiger partial charge in [-0.2, -0.15) is 0 Å². The Morgan fingerprint density at radius 1 is 1.41 bits per heavy atom. The number of rotatable bonds is 4. The number of hydrogen-bond acceptors (Lipinski definition) is 4. The zero-order chi connectivity index (χ0) is 12.3. The molecule has 2 rings (SSSR count). The van der Waals surface area contributed by atoms with Crippen LogP contribution in [-0.2, 0) is 4.79 Å². The summed E-state index contributed by atoms with van der Waals surface area (Å²) in [5.74, 6) is -0.582. The van der Waals surface area contributed by atoms with Crippen LogP contribution >= 0.6 is 0 Å². The molecule has 0 bridgehead atoms. The zero-order valence-corrected chi connectivity index (χ0v) is 9.04. The van der Waals surface area contributed by atoms with Crippen molar-refractivity contribution >= 4 is 5.97 Å². The molecule has 17 heavy (non-hydrogen) atoms. The maximum absolute atomic E-state index is 10.5. The summed E-state index contributed by atoms with van der Waals surface area (Å²) in [7, 11) is 0. The van der Waals surface area contributed by atoms with Gasteiger partial charge in [0.1, 0.15) is 5.69 Å². The van der Waals surface area contributed by atoms with Gasteiger partial charge in [0.15, 0.2) is 5.76 Å². The fraction of sp³-hybridized carbons (Fsp3) is 0.167. The van der Waals surface area contributed by atoms with Crippen molar-refractivity contribution in [1.82, 2.24) is 5.16 Å². The first-order chi connectivity index (χ1) is 8.16. The summed E-state index contributed by atoms with van der Waals surface area (Å²) >= 11 is 0. The Morgan fingerprint density at radius 2 is 2.12 bits per heavy atom. The highest BCUT2D eigenvalue weighted by atomic mass is 16.5. The quantitative estimate of drug-likeness (QED) is 0.839. The molecule has 5 nitrogen and oxygen atoms in total. The van der Waals surface area contributed by atoms with Crippen molar-refractivity contribution in [2.24, 2.45) is 5.73 Å². The van der Waals surface area contributed by atoms with Gasteiger partial charge in [0.05, 0.1) is 12.5 Å². The number of carboxylic acids is 1. The molecule has 1 aromatic carbocycles. The van der Waals surface area contributed by atoms with Crippen LogP contribution in [0.15, 0.2) is 40.9 Å². The smallest absolute Gasteiger partial charge is 0.305 e. The van der Waals surface area contributed by atoms with E-state index in [-0.39, 0.29) is 6.42 Å². The fourth-order valence-electron chi connectivity index (χ4n) is 1.50. The van der Waals surface area contributed by atoms with Crippen LogP contribution in [0.2, 0.25) is 0 Å². The summed E-state index contributed by atoms with van der Waals surface area (Å²) in [5.41, 5.74) is 7.23. The van der Waals surface area contributed by atoms with Gasteiger partial charge in [0, 0.05) is 11.6 Å². The number of carbonyl (C=O) groups is 1. The van der Waals surface area contributed by atoms with E-state index in [0.717, 1.165) is 5.56 Å². The molecule has 5 heteroatoms. The van der Waals surface area contributed by atoms with E-state index in [0.29, 0.717) is 11.5 Å². The van der Waals surface area contributed by atoms with Crippen molar-refractivity contribution in [2.75, 3.05) is 0 Å². The third-order valence-corrected chi connectivity index (χ3v) is 2.36. The Bertz CT molecular complexity index is 507. The molecule has 3 N–H and O–H groups in total. The van der Waals surface area contributed by atoms with Crippen molar-refractivity contribution in [2.45, 2.75) is 12.5 Å². The topological polar surface area (TPSA) is 89.4 Å². The van der Waals surface area contributed by atoms with E-state index in [9.17, 15) is 4.79 Å². The molecule has 0 saturated heterocycles. The molecule has 2 aromatic rings. The van der Waals surface area contributed by atoms with Gasteiger partial charge < -0.3 is 15.4 Å². The van der Waals surface area contributed by atoms with Crippen LogP contribution in [0.3, 0.4) is 0 Å². The summed E-state index contributed by atoms with van der Waals surface area (Å²) in [6, 6.07) is 10.5. The average Bonchev–Trinajstić information content (AvgIpc) is 2.78. The summed E-state index contributed by atoms with van der Waals surface area (Å²) in [6.07, 6.45) is -0.177. The molecule has 0 aliphatic heterocycles. The summed E-state index contributed by atoms with van der Waals surface area (Å²) in [6.45, 7) is 0. The minimum absolute atomic E-state index is 0.177. The predicted octanol–water partition coefficient (Wildman–Crippen LogP) is 1.82. The molecule has 0 amide bonds. The van der Waals surface area contributed by atoms with Crippen LogP contribution in [0.1, 0.15) is 18.2 Å². The Hall–Kier alpha value is -2.14. The van der Waals surface area contributed by atoms with E-state index in [1.807, 2.05) is 30.3 Å². The fourth-order valence-corrected chi connectivity index (χ4v) is 1.50. The van der Waals surface area contributed by atoms with Crippen LogP contribution in [0.25, 0.3) is 11.3 Å². The van der Waals surface area contributed by atoms with Crippen LogP contribution < -0.4 is 5.73 Å². The molecular formula is C12H12N2O3. The number of aliphatic carboxylic acids is 1. The van der Waals surface area contributed by atoms with Crippen molar-refractivity contribution in [3.05, 3.63) is 42.2 Å². The Balaban J connectivity index is 2.19. The second-order valence-corrected chi connectivity index (χ2v) is 3.68. The molecule has 0 aliphatic rings. The lowest BCUT2D eigenvalue weighted by Gasteiger charge is -2.01. The maximum Gasteiger partial charge on any atom is 0.305 e. The van der Waals surface area contributed by atoms with Gasteiger partial charge in [0.25, 0.3) is 0 Å². The molecule has 0 radical (unpaired) electrons. The first-order valence-corrected chi connectivity index (χ1v) is 5.16. The third kappa shape index (κ3) is 2.70. The predicted molar refractivity (Wildman–Crippen MR) is 61.1 cm³/mol. The number of carboxylic acid groups (broad SMARTS) is 1. The molecule has 0 fully saturated rings. The Labute approximate surface area is 97.8 Å². The van der Waals surface area contributed by atoms with E-state index in [1.54, 1.807) is 6.07 Å². The number of aromatic nitrogens is 1. The highest BCUT2D eigenvalue weighted by Crippen LogP contribution is 2.22. The number of nitrogens with zero attached hydrogens (tertiary/aromatic N) is 1. The molecule has 0 aliphatic carbocycles. The third-order valence-electron chi connectivity index (χ3n) is 2.36. The standard InChI is InChI=1S/C12H12N2O3/c13-9(6-12(15)16)11-7-10(14-17-11)8-4-2-1-3-5-8/h1-5,7,9H,6,13H2,(H,15,16). The van der Waals surface area contributed by atoms with Gasteiger partial charge >= 0.3 is 5.97 Å². The summed E-state index contributed by atoms with van der Waals surface area (Å²) < 4.78 is 5.04. The van der Waals surface area contributed by atoms with E-state index < -0.39 is 12.0 Å². The Kier molecular flexibility index (Phi) is 3.20. The monoisotopic (exact) mass is 232 g/mol. The SMILES string of the molecule is NC(CC(=O)O)c1cc(-c2ccccc2)no1. The number of nitrogens with two attached hydrogens (primary N) is 1. The molecule has 1 atom stereocenters.